The summed E-state index contributed by atoms with van der Waals surface area (Å²) in [7, 11) is 0. The molecular weight excluding hydrogens is 228 g/mol. The Hall–Kier alpha value is -1.55. The first-order chi connectivity index (χ1) is 8.72. The average molecular weight is 248 g/mol. The van der Waals surface area contributed by atoms with E-state index in [-0.39, 0.29) is 0 Å². The Balaban J connectivity index is 1.93. The number of carboxylic acid groups (broad SMARTS) is 1. The lowest BCUT2D eigenvalue weighted by Gasteiger charge is -2.22. The molecule has 1 aliphatic heterocycles. The van der Waals surface area contributed by atoms with Gasteiger partial charge in [0, 0.05) is 18.8 Å². The van der Waals surface area contributed by atoms with Gasteiger partial charge in [-0.3, -0.25) is 4.79 Å². The Labute approximate surface area is 108 Å². The zero-order valence-corrected chi connectivity index (χ0v) is 10.7. The van der Waals surface area contributed by atoms with Gasteiger partial charge in [0.2, 0.25) is 0 Å². The molecule has 2 rings (SSSR count). The van der Waals surface area contributed by atoms with Crippen molar-refractivity contribution in [1.29, 1.82) is 0 Å². The number of nitrogens with zero attached hydrogens (tertiary/aromatic N) is 1. The lowest BCUT2D eigenvalue weighted by Crippen LogP contribution is -2.39. The molecule has 1 unspecified atom stereocenters. The van der Waals surface area contributed by atoms with E-state index in [0.717, 1.165) is 19.5 Å². The minimum atomic E-state index is -0.760. The quantitative estimate of drug-likeness (QED) is 0.801. The van der Waals surface area contributed by atoms with Crippen LogP contribution in [0.4, 0.5) is 5.69 Å². The van der Waals surface area contributed by atoms with Crippen molar-refractivity contribution in [3.63, 3.8) is 0 Å². The molecule has 18 heavy (non-hydrogen) atoms. The van der Waals surface area contributed by atoms with Gasteiger partial charge in [-0.25, -0.2) is 0 Å². The Morgan fingerprint density at radius 3 is 3.00 bits per heavy atom. The first kappa shape index (κ1) is 12.9. The number of benzene rings is 1. The third-order valence-electron chi connectivity index (χ3n) is 3.42. The Morgan fingerprint density at radius 2 is 2.28 bits per heavy atom. The van der Waals surface area contributed by atoms with Crippen LogP contribution >= 0.6 is 0 Å². The zero-order valence-electron chi connectivity index (χ0n) is 10.7. The highest BCUT2D eigenvalue weighted by molar-refractivity contribution is 5.73. The fourth-order valence-corrected chi connectivity index (χ4v) is 2.48. The maximum atomic E-state index is 11.1. The summed E-state index contributed by atoms with van der Waals surface area (Å²) < 4.78 is 0. The van der Waals surface area contributed by atoms with Gasteiger partial charge in [-0.05, 0) is 31.0 Å². The second-order valence-corrected chi connectivity index (χ2v) is 4.60. The number of carboxylic acids is 1. The van der Waals surface area contributed by atoms with Gasteiger partial charge in [-0.15, -0.1) is 0 Å². The third-order valence-corrected chi connectivity index (χ3v) is 3.42. The van der Waals surface area contributed by atoms with Crippen molar-refractivity contribution in [3.8, 4) is 0 Å². The summed E-state index contributed by atoms with van der Waals surface area (Å²) in [5.74, 6) is -0.760. The zero-order chi connectivity index (χ0) is 13.0. The van der Waals surface area contributed by atoms with E-state index in [1.807, 2.05) is 13.0 Å². The summed E-state index contributed by atoms with van der Waals surface area (Å²) in [6, 6.07) is 7.92. The van der Waals surface area contributed by atoms with Crippen LogP contribution in [0, 0.1) is 0 Å². The molecule has 0 amide bonds. The van der Waals surface area contributed by atoms with Crippen LogP contribution < -0.4 is 10.2 Å². The lowest BCUT2D eigenvalue weighted by atomic mass is 10.1. The first-order valence-electron chi connectivity index (χ1n) is 6.51. The molecule has 1 aromatic carbocycles. The van der Waals surface area contributed by atoms with Crippen molar-refractivity contribution in [1.82, 2.24) is 5.32 Å². The molecule has 1 atom stereocenters. The highest BCUT2D eigenvalue weighted by atomic mass is 16.4. The number of likely N-dealkylation sites (N-methyl/N-ethyl adjacent to an activating group) is 1. The van der Waals surface area contributed by atoms with Gasteiger partial charge in [0.15, 0.2) is 0 Å². The van der Waals surface area contributed by atoms with Crippen molar-refractivity contribution in [2.75, 3.05) is 24.5 Å². The van der Waals surface area contributed by atoms with Crippen LogP contribution in [0.1, 0.15) is 18.9 Å². The van der Waals surface area contributed by atoms with E-state index >= 15 is 0 Å². The van der Waals surface area contributed by atoms with Gasteiger partial charge < -0.3 is 15.3 Å². The number of rotatable bonds is 6. The second kappa shape index (κ2) is 5.87. The molecule has 4 heteroatoms. The number of fused-ring (bicyclic) bond motifs is 1. The van der Waals surface area contributed by atoms with Crippen LogP contribution in [0.15, 0.2) is 24.3 Å². The smallest absolute Gasteiger partial charge is 0.320 e. The van der Waals surface area contributed by atoms with Crippen LogP contribution in [0.3, 0.4) is 0 Å². The van der Waals surface area contributed by atoms with E-state index < -0.39 is 12.0 Å². The largest absolute Gasteiger partial charge is 0.480 e. The molecule has 0 saturated heterocycles. The number of carbonyl (C=O) groups is 1. The number of para-hydroxylation sites is 1. The normalized spacial score (nSPS) is 15.5. The average Bonchev–Trinajstić information content (AvgIpc) is 2.77. The molecule has 0 bridgehead atoms. The van der Waals surface area contributed by atoms with Gasteiger partial charge >= 0.3 is 5.97 Å². The van der Waals surface area contributed by atoms with E-state index in [4.69, 9.17) is 5.11 Å². The molecule has 98 valence electrons. The van der Waals surface area contributed by atoms with Gasteiger partial charge in [-0.1, -0.05) is 25.1 Å². The summed E-state index contributed by atoms with van der Waals surface area (Å²) in [4.78, 5) is 13.3. The van der Waals surface area contributed by atoms with Crippen LogP contribution in [0.25, 0.3) is 0 Å². The van der Waals surface area contributed by atoms with Crippen molar-refractivity contribution < 1.29 is 9.90 Å². The second-order valence-electron chi connectivity index (χ2n) is 4.60. The minimum Gasteiger partial charge on any atom is -0.480 e. The lowest BCUT2D eigenvalue weighted by molar-refractivity contribution is -0.139. The molecule has 0 spiro atoms. The molecule has 0 fully saturated rings. The highest BCUT2D eigenvalue weighted by Gasteiger charge is 2.21. The molecule has 1 aliphatic rings. The molecule has 2 N–H and O–H groups in total. The number of hydrogen-bond acceptors (Lipinski definition) is 3. The van der Waals surface area contributed by atoms with Gasteiger partial charge in [0.25, 0.3) is 0 Å². The topological polar surface area (TPSA) is 52.6 Å². The number of anilines is 1. The number of aliphatic carboxylic acids is 1. The Morgan fingerprint density at radius 1 is 1.50 bits per heavy atom. The third kappa shape index (κ3) is 2.82. The van der Waals surface area contributed by atoms with Gasteiger partial charge in [0.1, 0.15) is 6.04 Å². The van der Waals surface area contributed by atoms with Gasteiger partial charge in [0.05, 0.1) is 0 Å². The number of nitrogens with one attached hydrogen (secondary N) is 1. The highest BCUT2D eigenvalue weighted by Crippen LogP contribution is 2.27. The van der Waals surface area contributed by atoms with Crippen LogP contribution in [0.2, 0.25) is 0 Å². The summed E-state index contributed by atoms with van der Waals surface area (Å²) in [5.41, 5.74) is 2.63. The van der Waals surface area contributed by atoms with Crippen molar-refractivity contribution in [2.24, 2.45) is 0 Å². The van der Waals surface area contributed by atoms with Crippen molar-refractivity contribution in [2.45, 2.75) is 25.8 Å². The fourth-order valence-electron chi connectivity index (χ4n) is 2.48. The predicted octanol–water partition coefficient (Wildman–Crippen LogP) is 1.50. The molecule has 1 heterocycles. The molecule has 0 radical (unpaired) electrons. The van der Waals surface area contributed by atoms with Crippen LogP contribution in [0.5, 0.6) is 0 Å². The SMILES string of the molecule is CCNC(CCN1CCc2ccccc21)C(=O)O. The van der Waals surface area contributed by atoms with E-state index in [1.165, 1.54) is 11.3 Å². The Kier molecular flexibility index (Phi) is 4.20. The summed E-state index contributed by atoms with van der Waals surface area (Å²) in [5, 5.41) is 12.1. The molecule has 4 nitrogen and oxygen atoms in total. The summed E-state index contributed by atoms with van der Waals surface area (Å²) in [6.45, 7) is 4.41. The maximum absolute atomic E-state index is 11.1. The van der Waals surface area contributed by atoms with E-state index in [2.05, 4.69) is 28.4 Å². The van der Waals surface area contributed by atoms with E-state index in [1.54, 1.807) is 0 Å². The van der Waals surface area contributed by atoms with Crippen LogP contribution in [-0.2, 0) is 11.2 Å². The van der Waals surface area contributed by atoms with E-state index in [9.17, 15) is 4.79 Å². The minimum absolute atomic E-state index is 0.442. The number of hydrogen-bond donors (Lipinski definition) is 2. The van der Waals surface area contributed by atoms with Gasteiger partial charge in [-0.2, -0.15) is 0 Å². The first-order valence-corrected chi connectivity index (χ1v) is 6.51. The van der Waals surface area contributed by atoms with Crippen molar-refractivity contribution >= 4 is 11.7 Å². The standard InChI is InChI=1S/C14H20N2O2/c1-2-15-12(14(17)18)8-10-16-9-7-11-5-3-4-6-13(11)16/h3-6,12,15H,2,7-10H2,1H3,(H,17,18). The molecule has 0 saturated carbocycles. The Bertz CT molecular complexity index is 420. The summed E-state index contributed by atoms with van der Waals surface area (Å²) in [6.07, 6.45) is 1.70. The maximum Gasteiger partial charge on any atom is 0.320 e. The van der Waals surface area contributed by atoms with E-state index in [0.29, 0.717) is 13.0 Å². The fraction of sp³-hybridized carbons (Fsp3) is 0.500. The van der Waals surface area contributed by atoms with Crippen molar-refractivity contribution in [3.05, 3.63) is 29.8 Å². The van der Waals surface area contributed by atoms with Crippen LogP contribution in [-0.4, -0.2) is 36.8 Å². The predicted molar refractivity (Wildman–Crippen MR) is 72.1 cm³/mol. The summed E-state index contributed by atoms with van der Waals surface area (Å²) >= 11 is 0. The molecule has 0 aromatic heterocycles. The molecule has 0 aliphatic carbocycles. The molecular formula is C14H20N2O2. The monoisotopic (exact) mass is 248 g/mol. The molecule has 1 aromatic rings.